The van der Waals surface area contributed by atoms with Crippen LogP contribution in [-0.2, 0) is 17.7 Å². The van der Waals surface area contributed by atoms with Crippen molar-refractivity contribution in [2.45, 2.75) is 39.8 Å². The average Bonchev–Trinajstić information content (AvgIpc) is 3.17. The minimum Gasteiger partial charge on any atom is -0.375 e. The van der Waals surface area contributed by atoms with Crippen molar-refractivity contribution in [3.05, 3.63) is 47.1 Å². The summed E-state index contributed by atoms with van der Waals surface area (Å²) in [7, 11) is 0. The predicted molar refractivity (Wildman–Crippen MR) is 94.5 cm³/mol. The molecule has 0 spiro atoms. The number of aromatic nitrogens is 4. The van der Waals surface area contributed by atoms with Gasteiger partial charge in [-0.3, -0.25) is 4.79 Å². The van der Waals surface area contributed by atoms with Crippen LogP contribution in [0.1, 0.15) is 46.1 Å². The van der Waals surface area contributed by atoms with Gasteiger partial charge in [0, 0.05) is 30.9 Å². The zero-order chi connectivity index (χ0) is 18.0. The Hall–Kier alpha value is -2.41. The van der Waals surface area contributed by atoms with Gasteiger partial charge >= 0.3 is 0 Å². The number of aryl methyl sites for hydroxylation is 3. The maximum Gasteiger partial charge on any atom is 0.256 e. The maximum atomic E-state index is 13.1. The van der Waals surface area contributed by atoms with Gasteiger partial charge in [0.1, 0.15) is 11.7 Å². The molecule has 1 unspecified atom stereocenters. The summed E-state index contributed by atoms with van der Waals surface area (Å²) in [5, 5.41) is 8.58. The molecule has 0 radical (unpaired) electrons. The Kier molecular flexibility index (Phi) is 5.03. The number of fused-ring (bicyclic) bond motifs is 1. The Bertz CT molecular complexity index is 777. The minimum absolute atomic E-state index is 0.00533. The molecule has 0 aliphatic carbocycles. The van der Waals surface area contributed by atoms with Crippen LogP contribution in [0.2, 0.25) is 0 Å². The highest BCUT2D eigenvalue weighted by Crippen LogP contribution is 2.30. The first kappa shape index (κ1) is 17.4. The fourth-order valence-electron chi connectivity index (χ4n) is 3.42. The molecule has 1 amide bonds. The molecule has 0 aromatic carbocycles. The molecule has 1 aliphatic heterocycles. The van der Waals surface area contributed by atoms with E-state index < -0.39 is 0 Å². The zero-order valence-corrected chi connectivity index (χ0v) is 15.1. The molecule has 1 N–H and O–H groups in total. The molecule has 3 rings (SSSR count). The van der Waals surface area contributed by atoms with Gasteiger partial charge in [0.05, 0.1) is 24.5 Å². The van der Waals surface area contributed by atoms with Gasteiger partial charge in [-0.25, -0.2) is 4.68 Å². The molecule has 7 nitrogen and oxygen atoms in total. The molecule has 134 valence electrons. The number of carbonyl (C=O) groups excluding carboxylic acids is 1. The van der Waals surface area contributed by atoms with Crippen molar-refractivity contribution in [1.29, 1.82) is 0 Å². The minimum atomic E-state index is -0.230. The number of hydrogen-bond acceptors (Lipinski definition) is 4. The van der Waals surface area contributed by atoms with Gasteiger partial charge in [0.25, 0.3) is 5.91 Å². The van der Waals surface area contributed by atoms with Crippen LogP contribution in [-0.4, -0.2) is 50.5 Å². The number of nitrogens with zero attached hydrogens (tertiary/aromatic N) is 4. The first-order valence-electron chi connectivity index (χ1n) is 8.64. The molecule has 1 atom stereocenters. The lowest BCUT2D eigenvalue weighted by Crippen LogP contribution is -2.42. The van der Waals surface area contributed by atoms with E-state index in [2.05, 4.69) is 21.9 Å². The van der Waals surface area contributed by atoms with E-state index in [4.69, 9.17) is 4.74 Å². The monoisotopic (exact) mass is 343 g/mol. The number of carbonyl (C=O) groups is 1. The summed E-state index contributed by atoms with van der Waals surface area (Å²) in [5.74, 6) is 0.00533. The molecule has 3 heterocycles. The first-order chi connectivity index (χ1) is 12.1. The molecule has 2 aromatic heterocycles. The fourth-order valence-corrected chi connectivity index (χ4v) is 3.42. The highest BCUT2D eigenvalue weighted by atomic mass is 16.5. The van der Waals surface area contributed by atoms with E-state index in [0.717, 1.165) is 35.7 Å². The van der Waals surface area contributed by atoms with Gasteiger partial charge in [-0.1, -0.05) is 11.3 Å². The van der Waals surface area contributed by atoms with Crippen LogP contribution in [0.25, 0.3) is 0 Å². The van der Waals surface area contributed by atoms with Crippen LogP contribution in [0.4, 0.5) is 0 Å². The Labute approximate surface area is 147 Å². The van der Waals surface area contributed by atoms with Crippen molar-refractivity contribution in [2.24, 2.45) is 0 Å². The molecule has 0 saturated heterocycles. The quantitative estimate of drug-likeness (QED) is 0.644. The summed E-state index contributed by atoms with van der Waals surface area (Å²) in [5.41, 5.74) is 4.51. The third-order valence-corrected chi connectivity index (χ3v) is 4.60. The summed E-state index contributed by atoms with van der Waals surface area (Å²) >= 11 is 0. The summed E-state index contributed by atoms with van der Waals surface area (Å²) in [4.78, 5) is 18.2. The lowest BCUT2D eigenvalue weighted by atomic mass is 10.0. The number of rotatable bonds is 6. The lowest BCUT2D eigenvalue weighted by Gasteiger charge is -2.34. The van der Waals surface area contributed by atoms with Gasteiger partial charge in [-0.15, -0.1) is 11.7 Å². The molecule has 0 bridgehead atoms. The van der Waals surface area contributed by atoms with Crippen LogP contribution >= 0.6 is 0 Å². The van der Waals surface area contributed by atoms with Crippen molar-refractivity contribution < 1.29 is 9.53 Å². The highest BCUT2D eigenvalue weighted by Gasteiger charge is 2.36. The second kappa shape index (κ2) is 7.23. The Morgan fingerprint density at radius 3 is 2.96 bits per heavy atom. The average molecular weight is 343 g/mol. The number of nitrogens with one attached hydrogen (secondary N) is 1. The van der Waals surface area contributed by atoms with Crippen molar-refractivity contribution in [3.63, 3.8) is 0 Å². The van der Waals surface area contributed by atoms with Gasteiger partial charge in [0.2, 0.25) is 0 Å². The van der Waals surface area contributed by atoms with Crippen LogP contribution < -0.4 is 0 Å². The van der Waals surface area contributed by atoms with E-state index in [0.29, 0.717) is 25.3 Å². The van der Waals surface area contributed by atoms with Crippen molar-refractivity contribution in [3.8, 4) is 0 Å². The van der Waals surface area contributed by atoms with E-state index in [1.807, 2.05) is 36.4 Å². The SMILES string of the molecule is C=CCOCC1c2nnn(CC)c2CCN1C(=O)c1cc(C)[nH]c1C. The van der Waals surface area contributed by atoms with E-state index >= 15 is 0 Å². The number of ether oxygens (including phenoxy) is 1. The number of hydrogen-bond donors (Lipinski definition) is 1. The molecule has 1 aliphatic rings. The van der Waals surface area contributed by atoms with Gasteiger partial charge in [0.15, 0.2) is 0 Å². The second-order valence-corrected chi connectivity index (χ2v) is 6.32. The van der Waals surface area contributed by atoms with Crippen LogP contribution in [0.15, 0.2) is 18.7 Å². The summed E-state index contributed by atoms with van der Waals surface area (Å²) < 4.78 is 7.58. The third-order valence-electron chi connectivity index (χ3n) is 4.60. The molecule has 2 aromatic rings. The normalized spacial score (nSPS) is 16.8. The Balaban J connectivity index is 1.92. The fraction of sp³-hybridized carbons (Fsp3) is 0.500. The largest absolute Gasteiger partial charge is 0.375 e. The zero-order valence-electron chi connectivity index (χ0n) is 15.1. The van der Waals surface area contributed by atoms with Crippen molar-refractivity contribution >= 4 is 5.91 Å². The lowest BCUT2D eigenvalue weighted by molar-refractivity contribution is 0.0436. The van der Waals surface area contributed by atoms with Gasteiger partial charge in [-0.2, -0.15) is 0 Å². The molecule has 25 heavy (non-hydrogen) atoms. The van der Waals surface area contributed by atoms with Gasteiger partial charge in [-0.05, 0) is 26.8 Å². The van der Waals surface area contributed by atoms with Crippen LogP contribution in [0.5, 0.6) is 0 Å². The predicted octanol–water partition coefficient (Wildman–Crippen LogP) is 2.19. The smallest absolute Gasteiger partial charge is 0.256 e. The molecular weight excluding hydrogens is 318 g/mol. The summed E-state index contributed by atoms with van der Waals surface area (Å²) in [6.45, 7) is 11.8. The van der Waals surface area contributed by atoms with Crippen molar-refractivity contribution in [1.82, 2.24) is 24.9 Å². The standard InChI is InChI=1S/C18H25N5O2/c1-5-9-25-11-16-17-15(23(6-2)21-20-17)7-8-22(16)18(24)14-10-12(3)19-13(14)4/h5,10,16,19H,1,6-9,11H2,2-4H3. The molecule has 7 heteroatoms. The van der Waals surface area contributed by atoms with Crippen LogP contribution in [0.3, 0.4) is 0 Å². The van der Waals surface area contributed by atoms with Crippen molar-refractivity contribution in [2.75, 3.05) is 19.8 Å². The van der Waals surface area contributed by atoms with E-state index in [-0.39, 0.29) is 11.9 Å². The van der Waals surface area contributed by atoms with Crippen LogP contribution in [0, 0.1) is 13.8 Å². The van der Waals surface area contributed by atoms with Gasteiger partial charge < -0.3 is 14.6 Å². The first-order valence-corrected chi connectivity index (χ1v) is 8.64. The van der Waals surface area contributed by atoms with E-state index in [1.54, 1.807) is 6.08 Å². The number of H-pyrrole nitrogens is 1. The third kappa shape index (κ3) is 3.24. The Morgan fingerprint density at radius 2 is 2.32 bits per heavy atom. The van der Waals surface area contributed by atoms with E-state index in [9.17, 15) is 4.79 Å². The van der Waals surface area contributed by atoms with E-state index in [1.165, 1.54) is 0 Å². The molecular formula is C18H25N5O2. The Morgan fingerprint density at radius 1 is 1.52 bits per heavy atom. The maximum absolute atomic E-state index is 13.1. The summed E-state index contributed by atoms with van der Waals surface area (Å²) in [6, 6.07) is 1.67. The second-order valence-electron chi connectivity index (χ2n) is 6.32. The molecule has 0 saturated carbocycles. The number of amides is 1. The number of aromatic amines is 1. The summed E-state index contributed by atoms with van der Waals surface area (Å²) in [6.07, 6.45) is 2.46. The highest BCUT2D eigenvalue weighted by molar-refractivity contribution is 5.96. The molecule has 0 fully saturated rings. The topological polar surface area (TPSA) is 76.0 Å².